The number of benzene rings is 1. The minimum atomic E-state index is -0.368. The molecule has 132 valence electrons. The van der Waals surface area contributed by atoms with Gasteiger partial charge in [0.25, 0.3) is 5.91 Å². The quantitative estimate of drug-likeness (QED) is 0.766. The lowest BCUT2D eigenvalue weighted by Crippen LogP contribution is -2.53. The van der Waals surface area contributed by atoms with Crippen LogP contribution in [0.2, 0.25) is 0 Å². The van der Waals surface area contributed by atoms with Crippen molar-refractivity contribution in [1.29, 1.82) is 0 Å². The van der Waals surface area contributed by atoms with E-state index in [1.807, 2.05) is 27.7 Å². The number of anilines is 1. The maximum Gasteiger partial charge on any atom is 0.251 e. The van der Waals surface area contributed by atoms with Crippen molar-refractivity contribution in [2.75, 3.05) is 25.0 Å². The normalized spacial score (nSPS) is 20.7. The molecule has 24 heavy (non-hydrogen) atoms. The van der Waals surface area contributed by atoms with Crippen molar-refractivity contribution in [3.8, 4) is 0 Å². The molecule has 6 heteroatoms. The van der Waals surface area contributed by atoms with Crippen LogP contribution in [0.4, 0.5) is 5.69 Å². The fraction of sp³-hybridized carbons (Fsp3) is 0.556. The van der Waals surface area contributed by atoms with Gasteiger partial charge in [-0.2, -0.15) is 0 Å². The fourth-order valence-corrected chi connectivity index (χ4v) is 2.58. The first-order chi connectivity index (χ1) is 11.4. The van der Waals surface area contributed by atoms with Gasteiger partial charge in [0.05, 0.1) is 12.7 Å². The van der Waals surface area contributed by atoms with Gasteiger partial charge in [-0.3, -0.25) is 9.59 Å². The van der Waals surface area contributed by atoms with Crippen LogP contribution < -0.4 is 16.0 Å². The number of morpholine rings is 1. The van der Waals surface area contributed by atoms with Gasteiger partial charge in [0, 0.05) is 24.3 Å². The Morgan fingerprint density at radius 2 is 2.12 bits per heavy atom. The second kappa shape index (κ2) is 8.26. The van der Waals surface area contributed by atoms with Crippen molar-refractivity contribution in [1.82, 2.24) is 10.6 Å². The summed E-state index contributed by atoms with van der Waals surface area (Å²) in [6.07, 6.45) is -0.167. The molecule has 1 aliphatic heterocycles. The highest BCUT2D eigenvalue weighted by molar-refractivity contribution is 5.98. The van der Waals surface area contributed by atoms with E-state index in [0.717, 1.165) is 5.56 Å². The van der Waals surface area contributed by atoms with Crippen molar-refractivity contribution in [2.24, 2.45) is 5.92 Å². The SMILES string of the molecule is Cc1cc(C(=O)NCC(C)C)ccc1NC(=O)[C@H]1NCCO[C@@H]1C. The summed E-state index contributed by atoms with van der Waals surface area (Å²) in [5.41, 5.74) is 2.16. The Kier molecular flexibility index (Phi) is 6.34. The molecule has 1 aromatic carbocycles. The Bertz CT molecular complexity index is 601. The van der Waals surface area contributed by atoms with Crippen molar-refractivity contribution < 1.29 is 14.3 Å². The van der Waals surface area contributed by atoms with Crippen LogP contribution in [-0.4, -0.2) is 43.7 Å². The summed E-state index contributed by atoms with van der Waals surface area (Å²) >= 11 is 0. The third-order valence-corrected chi connectivity index (χ3v) is 4.02. The average Bonchev–Trinajstić information content (AvgIpc) is 2.54. The molecule has 2 rings (SSSR count). The largest absolute Gasteiger partial charge is 0.375 e. The molecule has 2 atom stereocenters. The summed E-state index contributed by atoms with van der Waals surface area (Å²) in [5, 5.41) is 8.97. The van der Waals surface area contributed by atoms with Crippen LogP contribution in [-0.2, 0) is 9.53 Å². The molecule has 1 aliphatic rings. The Labute approximate surface area is 143 Å². The van der Waals surface area contributed by atoms with Crippen LogP contribution in [0.1, 0.15) is 36.7 Å². The number of rotatable bonds is 5. The second-order valence-electron chi connectivity index (χ2n) is 6.63. The molecule has 1 heterocycles. The van der Waals surface area contributed by atoms with E-state index in [-0.39, 0.29) is 24.0 Å². The van der Waals surface area contributed by atoms with Gasteiger partial charge >= 0.3 is 0 Å². The van der Waals surface area contributed by atoms with Crippen LogP contribution in [0.3, 0.4) is 0 Å². The average molecular weight is 333 g/mol. The molecule has 1 fully saturated rings. The number of carbonyl (C=O) groups is 2. The van der Waals surface area contributed by atoms with E-state index in [2.05, 4.69) is 16.0 Å². The van der Waals surface area contributed by atoms with Crippen LogP contribution in [0.5, 0.6) is 0 Å². The van der Waals surface area contributed by atoms with E-state index < -0.39 is 0 Å². The summed E-state index contributed by atoms with van der Waals surface area (Å²) in [4.78, 5) is 24.5. The molecule has 0 aliphatic carbocycles. The molecule has 1 saturated heterocycles. The molecule has 0 aromatic heterocycles. The summed E-state index contributed by atoms with van der Waals surface area (Å²) in [6, 6.07) is 4.92. The molecular formula is C18H27N3O3. The molecule has 0 spiro atoms. The topological polar surface area (TPSA) is 79.5 Å². The zero-order valence-electron chi connectivity index (χ0n) is 14.8. The summed E-state index contributed by atoms with van der Waals surface area (Å²) < 4.78 is 5.50. The van der Waals surface area contributed by atoms with Gasteiger partial charge in [0.1, 0.15) is 6.04 Å². The highest BCUT2D eigenvalue weighted by Crippen LogP contribution is 2.18. The van der Waals surface area contributed by atoms with Gasteiger partial charge < -0.3 is 20.7 Å². The second-order valence-corrected chi connectivity index (χ2v) is 6.63. The molecule has 1 aromatic rings. The maximum atomic E-state index is 12.4. The third-order valence-electron chi connectivity index (χ3n) is 4.02. The smallest absolute Gasteiger partial charge is 0.251 e. The van der Waals surface area contributed by atoms with E-state index in [1.165, 1.54) is 0 Å². The fourth-order valence-electron chi connectivity index (χ4n) is 2.58. The number of hydrogen-bond acceptors (Lipinski definition) is 4. The number of aryl methyl sites for hydroxylation is 1. The summed E-state index contributed by atoms with van der Waals surface area (Å²) in [7, 11) is 0. The van der Waals surface area contributed by atoms with Crippen molar-refractivity contribution in [3.63, 3.8) is 0 Å². The molecular weight excluding hydrogens is 306 g/mol. The number of carbonyl (C=O) groups excluding carboxylic acids is 2. The Morgan fingerprint density at radius 1 is 1.38 bits per heavy atom. The predicted octanol–water partition coefficient (Wildman–Crippen LogP) is 1.70. The molecule has 0 bridgehead atoms. The van der Waals surface area contributed by atoms with Crippen LogP contribution in [0, 0.1) is 12.8 Å². The lowest BCUT2D eigenvalue weighted by molar-refractivity contribution is -0.123. The first kappa shape index (κ1) is 18.4. The van der Waals surface area contributed by atoms with Crippen molar-refractivity contribution in [3.05, 3.63) is 29.3 Å². The van der Waals surface area contributed by atoms with Crippen LogP contribution in [0.25, 0.3) is 0 Å². The maximum absolute atomic E-state index is 12.4. The van der Waals surface area contributed by atoms with Gasteiger partial charge in [-0.15, -0.1) is 0 Å². The number of ether oxygens (including phenoxy) is 1. The van der Waals surface area contributed by atoms with Crippen molar-refractivity contribution >= 4 is 17.5 Å². The Hall–Kier alpha value is -1.92. The molecule has 0 saturated carbocycles. The lowest BCUT2D eigenvalue weighted by Gasteiger charge is -2.29. The van der Waals surface area contributed by atoms with Gasteiger partial charge in [0.15, 0.2) is 0 Å². The lowest BCUT2D eigenvalue weighted by atomic mass is 10.1. The first-order valence-corrected chi connectivity index (χ1v) is 8.43. The van der Waals surface area contributed by atoms with Gasteiger partial charge in [-0.1, -0.05) is 13.8 Å². The van der Waals surface area contributed by atoms with Crippen LogP contribution >= 0.6 is 0 Å². The van der Waals surface area contributed by atoms with Gasteiger partial charge in [-0.25, -0.2) is 0 Å². The molecule has 0 unspecified atom stereocenters. The van der Waals surface area contributed by atoms with Gasteiger partial charge in [-0.05, 0) is 43.5 Å². The van der Waals surface area contributed by atoms with Crippen molar-refractivity contribution in [2.45, 2.75) is 39.8 Å². The van der Waals surface area contributed by atoms with E-state index >= 15 is 0 Å². The minimum Gasteiger partial charge on any atom is -0.375 e. The van der Waals surface area contributed by atoms with E-state index in [1.54, 1.807) is 18.2 Å². The molecule has 0 radical (unpaired) electrons. The number of nitrogens with one attached hydrogen (secondary N) is 3. The van der Waals surface area contributed by atoms with E-state index in [0.29, 0.717) is 36.9 Å². The summed E-state index contributed by atoms with van der Waals surface area (Å²) in [6.45, 7) is 9.78. The predicted molar refractivity (Wildman–Crippen MR) is 94.2 cm³/mol. The molecule has 3 N–H and O–H groups in total. The highest BCUT2D eigenvalue weighted by atomic mass is 16.5. The Morgan fingerprint density at radius 3 is 2.75 bits per heavy atom. The standard InChI is InChI=1S/C18H27N3O3/c1-11(2)10-20-17(22)14-5-6-15(12(3)9-14)21-18(23)16-13(4)24-8-7-19-16/h5-6,9,11,13,16,19H,7-8,10H2,1-4H3,(H,20,22)(H,21,23)/t13-,16+/m1/s1. The first-order valence-electron chi connectivity index (χ1n) is 8.43. The molecule has 2 amide bonds. The van der Waals surface area contributed by atoms with E-state index in [9.17, 15) is 9.59 Å². The minimum absolute atomic E-state index is 0.0966. The monoisotopic (exact) mass is 333 g/mol. The number of amides is 2. The third kappa shape index (κ3) is 4.79. The zero-order valence-corrected chi connectivity index (χ0v) is 14.8. The summed E-state index contributed by atoms with van der Waals surface area (Å²) in [5.74, 6) is 0.184. The zero-order chi connectivity index (χ0) is 17.7. The highest BCUT2D eigenvalue weighted by Gasteiger charge is 2.28. The Balaban J connectivity index is 2.01. The number of hydrogen-bond donors (Lipinski definition) is 3. The van der Waals surface area contributed by atoms with Gasteiger partial charge in [0.2, 0.25) is 5.91 Å². The molecule has 6 nitrogen and oxygen atoms in total. The van der Waals surface area contributed by atoms with Crippen LogP contribution in [0.15, 0.2) is 18.2 Å². The van der Waals surface area contributed by atoms with E-state index in [4.69, 9.17) is 4.74 Å².